The lowest BCUT2D eigenvalue weighted by Crippen LogP contribution is -1.75. The van der Waals surface area contributed by atoms with Crippen molar-refractivity contribution in [2.75, 3.05) is 0 Å². The first-order chi connectivity index (χ1) is 9.24. The van der Waals surface area contributed by atoms with Crippen molar-refractivity contribution in [3.05, 3.63) is 59.0 Å². The van der Waals surface area contributed by atoms with Gasteiger partial charge in [0.25, 0.3) is 0 Å². The number of aliphatic imine (C=N–C) groups is 1. The number of aromatic hydroxyl groups is 1. The van der Waals surface area contributed by atoms with Gasteiger partial charge in [-0.15, -0.1) is 11.3 Å². The topological polar surface area (TPSA) is 32.6 Å². The fourth-order valence-corrected chi connectivity index (χ4v) is 2.87. The minimum absolute atomic E-state index is 0.316. The van der Waals surface area contributed by atoms with Gasteiger partial charge < -0.3 is 5.11 Å². The van der Waals surface area contributed by atoms with Gasteiger partial charge in [0, 0.05) is 16.3 Å². The molecule has 3 rings (SSSR count). The summed E-state index contributed by atoms with van der Waals surface area (Å²) < 4.78 is 1.07. The zero-order valence-electron chi connectivity index (χ0n) is 10.5. The molecule has 0 bridgehead atoms. The summed E-state index contributed by atoms with van der Waals surface area (Å²) in [6.45, 7) is 2.05. The van der Waals surface area contributed by atoms with Crippen LogP contribution in [0.15, 0.2) is 53.5 Å². The molecule has 2 aromatic carbocycles. The second kappa shape index (κ2) is 4.86. The van der Waals surface area contributed by atoms with E-state index in [-0.39, 0.29) is 0 Å². The van der Waals surface area contributed by atoms with E-state index in [1.54, 1.807) is 17.6 Å². The summed E-state index contributed by atoms with van der Waals surface area (Å²) in [5, 5.41) is 11.0. The number of fused-ring (bicyclic) bond motifs is 1. The van der Waals surface area contributed by atoms with E-state index in [1.807, 2.05) is 55.5 Å². The van der Waals surface area contributed by atoms with Crippen LogP contribution < -0.4 is 0 Å². The molecule has 94 valence electrons. The maximum Gasteiger partial charge on any atom is 0.142 e. The number of hydrogen-bond donors (Lipinski definition) is 1. The smallest absolute Gasteiger partial charge is 0.142 e. The van der Waals surface area contributed by atoms with Crippen molar-refractivity contribution in [3.8, 4) is 5.75 Å². The zero-order valence-corrected chi connectivity index (χ0v) is 11.3. The molecule has 1 aromatic heterocycles. The van der Waals surface area contributed by atoms with Gasteiger partial charge in [0.15, 0.2) is 0 Å². The Hall–Kier alpha value is -2.13. The van der Waals surface area contributed by atoms with Crippen LogP contribution in [0.5, 0.6) is 5.75 Å². The van der Waals surface area contributed by atoms with E-state index in [0.717, 1.165) is 20.7 Å². The van der Waals surface area contributed by atoms with Crippen LogP contribution in [0.4, 0.5) is 5.69 Å². The van der Waals surface area contributed by atoms with Crippen molar-refractivity contribution in [1.82, 2.24) is 0 Å². The van der Waals surface area contributed by atoms with Gasteiger partial charge in [-0.3, -0.25) is 4.99 Å². The molecule has 0 amide bonds. The quantitative estimate of drug-likeness (QED) is 0.673. The average Bonchev–Trinajstić information content (AvgIpc) is 2.76. The van der Waals surface area contributed by atoms with E-state index >= 15 is 0 Å². The normalized spacial score (nSPS) is 11.4. The minimum Gasteiger partial charge on any atom is -0.506 e. The highest BCUT2D eigenvalue weighted by Gasteiger charge is 2.08. The highest BCUT2D eigenvalue weighted by Crippen LogP contribution is 2.35. The zero-order chi connectivity index (χ0) is 13.2. The molecule has 0 saturated heterocycles. The molecule has 0 aliphatic carbocycles. The van der Waals surface area contributed by atoms with Gasteiger partial charge in [0.05, 0.1) is 10.6 Å². The summed E-state index contributed by atoms with van der Waals surface area (Å²) >= 11 is 1.55. The van der Waals surface area contributed by atoms with Gasteiger partial charge in [-0.25, -0.2) is 0 Å². The molecule has 0 unspecified atom stereocenters. The Kier molecular flexibility index (Phi) is 3.05. The Bertz CT molecular complexity index is 741. The fourth-order valence-electron chi connectivity index (χ4n) is 1.90. The van der Waals surface area contributed by atoms with Crippen molar-refractivity contribution in [1.29, 1.82) is 0 Å². The Morgan fingerprint density at radius 1 is 1.05 bits per heavy atom. The van der Waals surface area contributed by atoms with Gasteiger partial charge >= 0.3 is 0 Å². The van der Waals surface area contributed by atoms with Gasteiger partial charge in [-0.05, 0) is 31.2 Å². The van der Waals surface area contributed by atoms with E-state index in [1.165, 1.54) is 5.56 Å². The molecule has 0 spiro atoms. The second-order valence-corrected chi connectivity index (χ2v) is 5.49. The van der Waals surface area contributed by atoms with Gasteiger partial charge in [0.2, 0.25) is 0 Å². The Morgan fingerprint density at radius 2 is 1.79 bits per heavy atom. The number of nitrogens with zero attached hydrogens (tertiary/aromatic N) is 1. The van der Waals surface area contributed by atoms with Crippen LogP contribution in [0, 0.1) is 6.92 Å². The molecule has 0 aliphatic heterocycles. The predicted octanol–water partition coefficient (Wildman–Crippen LogP) is 4.67. The summed E-state index contributed by atoms with van der Waals surface area (Å²) in [6, 6.07) is 15.8. The van der Waals surface area contributed by atoms with E-state index in [2.05, 4.69) is 4.99 Å². The highest BCUT2D eigenvalue weighted by molar-refractivity contribution is 7.21. The van der Waals surface area contributed by atoms with E-state index < -0.39 is 0 Å². The standard InChI is InChI=1S/C16H13NOS/c1-11-6-8-12(9-7-11)17-10-15-16(18)13-4-2-3-5-14(13)19-15/h2-10,18H,1H3/b17-10+. The molecule has 0 radical (unpaired) electrons. The lowest BCUT2D eigenvalue weighted by molar-refractivity contribution is 0.483. The van der Waals surface area contributed by atoms with E-state index in [4.69, 9.17) is 0 Å². The van der Waals surface area contributed by atoms with Crippen molar-refractivity contribution >= 4 is 33.3 Å². The lowest BCUT2D eigenvalue weighted by Gasteiger charge is -1.94. The third-order valence-electron chi connectivity index (χ3n) is 2.96. The summed E-state index contributed by atoms with van der Waals surface area (Å²) in [6.07, 6.45) is 1.73. The third-order valence-corrected chi connectivity index (χ3v) is 4.05. The second-order valence-electron chi connectivity index (χ2n) is 4.40. The summed E-state index contributed by atoms with van der Waals surface area (Å²) in [7, 11) is 0. The van der Waals surface area contributed by atoms with Crippen LogP contribution in [0.1, 0.15) is 10.4 Å². The van der Waals surface area contributed by atoms with E-state index in [0.29, 0.717) is 5.75 Å². The molecule has 1 N–H and O–H groups in total. The Labute approximate surface area is 115 Å². The molecule has 0 atom stereocenters. The van der Waals surface area contributed by atoms with Gasteiger partial charge in [-0.1, -0.05) is 29.8 Å². The van der Waals surface area contributed by atoms with Crippen molar-refractivity contribution in [3.63, 3.8) is 0 Å². The molecule has 0 fully saturated rings. The monoisotopic (exact) mass is 267 g/mol. The van der Waals surface area contributed by atoms with Crippen LogP contribution in [-0.2, 0) is 0 Å². The Morgan fingerprint density at radius 3 is 2.53 bits per heavy atom. The first kappa shape index (κ1) is 11.9. The fraction of sp³-hybridized carbons (Fsp3) is 0.0625. The molecule has 1 heterocycles. The van der Waals surface area contributed by atoms with Gasteiger partial charge in [-0.2, -0.15) is 0 Å². The number of benzene rings is 2. The van der Waals surface area contributed by atoms with Gasteiger partial charge in [0.1, 0.15) is 5.75 Å². The van der Waals surface area contributed by atoms with Crippen molar-refractivity contribution in [2.24, 2.45) is 4.99 Å². The van der Waals surface area contributed by atoms with E-state index in [9.17, 15) is 5.11 Å². The van der Waals surface area contributed by atoms with Crippen LogP contribution in [0.25, 0.3) is 10.1 Å². The van der Waals surface area contributed by atoms with Crippen LogP contribution in [0.2, 0.25) is 0 Å². The third kappa shape index (κ3) is 2.37. The van der Waals surface area contributed by atoms with Crippen molar-refractivity contribution < 1.29 is 5.11 Å². The average molecular weight is 267 g/mol. The first-order valence-corrected chi connectivity index (χ1v) is 6.87. The molecule has 2 nitrogen and oxygen atoms in total. The van der Waals surface area contributed by atoms with Crippen LogP contribution >= 0.6 is 11.3 Å². The maximum atomic E-state index is 10.1. The SMILES string of the molecule is Cc1ccc(/N=C/c2sc3ccccc3c2O)cc1. The molecular formula is C16H13NOS. The molecule has 19 heavy (non-hydrogen) atoms. The van der Waals surface area contributed by atoms with Crippen LogP contribution in [-0.4, -0.2) is 11.3 Å². The molecule has 3 aromatic rings. The number of rotatable bonds is 2. The highest BCUT2D eigenvalue weighted by atomic mass is 32.1. The van der Waals surface area contributed by atoms with Crippen LogP contribution in [0.3, 0.4) is 0 Å². The summed E-state index contributed by atoms with van der Waals surface area (Å²) in [5.41, 5.74) is 2.10. The Balaban J connectivity index is 1.97. The first-order valence-electron chi connectivity index (χ1n) is 6.05. The lowest BCUT2D eigenvalue weighted by atomic mass is 10.2. The number of hydrogen-bond acceptors (Lipinski definition) is 3. The number of aryl methyl sites for hydroxylation is 1. The number of thiophene rings is 1. The molecule has 0 saturated carbocycles. The molecular weight excluding hydrogens is 254 g/mol. The maximum absolute atomic E-state index is 10.1. The molecule has 0 aliphatic rings. The largest absolute Gasteiger partial charge is 0.506 e. The predicted molar refractivity (Wildman–Crippen MR) is 81.9 cm³/mol. The van der Waals surface area contributed by atoms with Crippen molar-refractivity contribution in [2.45, 2.75) is 6.92 Å². The minimum atomic E-state index is 0.316. The summed E-state index contributed by atoms with van der Waals surface area (Å²) in [5.74, 6) is 0.316. The molecule has 3 heteroatoms. The summed E-state index contributed by atoms with van der Waals surface area (Å²) in [4.78, 5) is 5.19.